The zero-order valence-corrected chi connectivity index (χ0v) is 23.6. The maximum absolute atomic E-state index is 14.3. The molecule has 222 valence electrons. The molecule has 42 heavy (non-hydrogen) atoms. The Morgan fingerprint density at radius 1 is 1.21 bits per heavy atom. The zero-order valence-electron chi connectivity index (χ0n) is 23.6. The van der Waals surface area contributed by atoms with Gasteiger partial charge in [-0.25, -0.2) is 4.79 Å². The van der Waals surface area contributed by atoms with E-state index in [1.54, 1.807) is 32.5 Å². The molecule has 2 aliphatic carbocycles. The van der Waals surface area contributed by atoms with Crippen molar-refractivity contribution in [3.63, 3.8) is 0 Å². The van der Waals surface area contributed by atoms with Crippen LogP contribution in [-0.2, 0) is 36.5 Å². The summed E-state index contributed by atoms with van der Waals surface area (Å²) in [6, 6.07) is 9.68. The minimum Gasteiger partial charge on any atom is -0.465 e. The number of aromatic nitrogens is 3. The van der Waals surface area contributed by atoms with E-state index in [0.29, 0.717) is 31.4 Å². The molecule has 1 N–H and O–H groups in total. The number of amides is 2. The van der Waals surface area contributed by atoms with E-state index < -0.39 is 34.7 Å². The highest BCUT2D eigenvalue weighted by Crippen LogP contribution is 2.50. The van der Waals surface area contributed by atoms with E-state index in [-0.39, 0.29) is 35.9 Å². The minimum atomic E-state index is -4.72. The number of benzene rings is 2. The van der Waals surface area contributed by atoms with Crippen LogP contribution in [-0.4, -0.2) is 55.5 Å². The summed E-state index contributed by atoms with van der Waals surface area (Å²) in [5.74, 6) is 0.193. The highest BCUT2D eigenvalue weighted by molar-refractivity contribution is 6.10. The summed E-state index contributed by atoms with van der Waals surface area (Å²) >= 11 is 0. The predicted octanol–water partition coefficient (Wildman–Crippen LogP) is 5.51. The van der Waals surface area contributed by atoms with E-state index in [2.05, 4.69) is 10.2 Å². The van der Waals surface area contributed by atoms with E-state index in [4.69, 9.17) is 4.74 Å². The number of alkyl halides is 3. The van der Waals surface area contributed by atoms with Crippen LogP contribution in [0.1, 0.15) is 77.5 Å². The van der Waals surface area contributed by atoms with E-state index >= 15 is 0 Å². The van der Waals surface area contributed by atoms with Crippen LogP contribution >= 0.6 is 0 Å². The zero-order chi connectivity index (χ0) is 30.0. The van der Waals surface area contributed by atoms with Crippen LogP contribution in [0, 0.1) is 0 Å². The lowest BCUT2D eigenvalue weighted by Gasteiger charge is -2.46. The molecule has 2 amide bonds. The number of fused-ring (bicyclic) bond motifs is 1. The normalized spacial score (nSPS) is 22.9. The molecule has 2 saturated carbocycles. The average Bonchev–Trinajstić information content (AvgIpc) is 3.48. The van der Waals surface area contributed by atoms with Crippen LogP contribution in [0.2, 0.25) is 0 Å². The number of nitrogens with zero attached hydrogens (tertiary/aromatic N) is 5. The fraction of sp³-hybridized carbons (Fsp3) is 0.467. The van der Waals surface area contributed by atoms with Gasteiger partial charge in [0, 0.05) is 37.5 Å². The maximum atomic E-state index is 14.3. The molecule has 3 aliphatic rings. The summed E-state index contributed by atoms with van der Waals surface area (Å²) in [6.45, 7) is 1.32. The first kappa shape index (κ1) is 28.2. The summed E-state index contributed by atoms with van der Waals surface area (Å²) in [5, 5.41) is 18.2. The second kappa shape index (κ2) is 9.82. The maximum Gasteiger partial charge on any atom is 0.416 e. The van der Waals surface area contributed by atoms with Gasteiger partial charge >= 0.3 is 12.3 Å². The van der Waals surface area contributed by atoms with Crippen LogP contribution < -0.4 is 4.90 Å². The molecule has 0 unspecified atom stereocenters. The standard InChI is InChI=1S/C30H32F3N5O4/c1-28(8-5-9-28)38(27(40)41)15-18-10-22-23(24(11-18)30(31,32)33)16-37(25(22)39)20-7-4-6-19(12-20)29(13-21(14-29)42-3)26-35-34-17-36(26)2/h4,6-7,10-12,17,21H,5,8-9,13-16H2,1-3H3,(H,40,41)/t21-,29-. The van der Waals surface area contributed by atoms with Gasteiger partial charge in [-0.05, 0) is 80.0 Å². The largest absolute Gasteiger partial charge is 0.465 e. The SMILES string of the molecule is CO[C@H]1C[C@](c2cccc(N3Cc4c(cc(CN(C(=O)O)C5(C)CCC5)cc4C(F)(F)F)C3=O)c2)(c2nncn2C)C1. The number of ether oxygens (including phenoxy) is 1. The quantitative estimate of drug-likeness (QED) is 0.394. The molecular formula is C30H32F3N5O4. The average molecular weight is 584 g/mol. The third-order valence-corrected chi connectivity index (χ3v) is 9.40. The van der Waals surface area contributed by atoms with Crippen molar-refractivity contribution in [2.24, 2.45) is 7.05 Å². The van der Waals surface area contributed by atoms with Gasteiger partial charge < -0.3 is 19.3 Å². The molecule has 1 aliphatic heterocycles. The van der Waals surface area contributed by atoms with Gasteiger partial charge in [-0.3, -0.25) is 9.69 Å². The Morgan fingerprint density at radius 3 is 2.52 bits per heavy atom. The molecule has 12 heteroatoms. The van der Waals surface area contributed by atoms with Crippen LogP contribution in [0.3, 0.4) is 0 Å². The number of carbonyl (C=O) groups is 2. The van der Waals surface area contributed by atoms with Crippen molar-refractivity contribution >= 4 is 17.7 Å². The van der Waals surface area contributed by atoms with Crippen molar-refractivity contribution in [1.82, 2.24) is 19.7 Å². The molecule has 2 fully saturated rings. The smallest absolute Gasteiger partial charge is 0.416 e. The van der Waals surface area contributed by atoms with Gasteiger partial charge in [-0.2, -0.15) is 13.2 Å². The number of halogens is 3. The van der Waals surface area contributed by atoms with Crippen LogP contribution in [0.25, 0.3) is 0 Å². The van der Waals surface area contributed by atoms with Crippen molar-refractivity contribution in [3.8, 4) is 0 Å². The fourth-order valence-corrected chi connectivity index (χ4v) is 6.77. The monoisotopic (exact) mass is 583 g/mol. The first-order chi connectivity index (χ1) is 19.9. The van der Waals surface area contributed by atoms with Crippen molar-refractivity contribution in [2.45, 2.75) is 75.4 Å². The van der Waals surface area contributed by atoms with Gasteiger partial charge in [0.2, 0.25) is 0 Å². The van der Waals surface area contributed by atoms with Crippen molar-refractivity contribution in [3.05, 3.63) is 76.4 Å². The number of aryl methyl sites for hydroxylation is 1. The van der Waals surface area contributed by atoms with Crippen molar-refractivity contribution in [1.29, 1.82) is 0 Å². The Kier molecular flexibility index (Phi) is 6.60. The molecule has 0 atom stereocenters. The van der Waals surface area contributed by atoms with Crippen LogP contribution in [0.15, 0.2) is 42.7 Å². The molecule has 3 aromatic rings. The number of anilines is 1. The predicted molar refractivity (Wildman–Crippen MR) is 146 cm³/mol. The Morgan fingerprint density at radius 2 is 1.95 bits per heavy atom. The number of methoxy groups -OCH3 is 1. The first-order valence-corrected chi connectivity index (χ1v) is 13.9. The molecule has 2 heterocycles. The Balaban J connectivity index is 1.36. The van der Waals surface area contributed by atoms with Crippen LogP contribution in [0.5, 0.6) is 0 Å². The van der Waals surface area contributed by atoms with Gasteiger partial charge in [-0.1, -0.05) is 12.1 Å². The number of rotatable bonds is 7. The lowest BCUT2D eigenvalue weighted by molar-refractivity contribution is -0.138. The molecule has 0 bridgehead atoms. The van der Waals surface area contributed by atoms with Crippen LogP contribution in [0.4, 0.5) is 23.7 Å². The number of hydrogen-bond donors (Lipinski definition) is 1. The number of carbonyl (C=O) groups excluding carboxylic acids is 1. The highest BCUT2D eigenvalue weighted by atomic mass is 19.4. The highest BCUT2D eigenvalue weighted by Gasteiger charge is 2.51. The lowest BCUT2D eigenvalue weighted by atomic mass is 9.62. The second-order valence-corrected chi connectivity index (χ2v) is 11.9. The molecule has 6 rings (SSSR count). The van der Waals surface area contributed by atoms with Gasteiger partial charge in [0.25, 0.3) is 5.91 Å². The molecule has 2 aromatic carbocycles. The molecule has 9 nitrogen and oxygen atoms in total. The van der Waals surface area contributed by atoms with Gasteiger partial charge in [-0.15, -0.1) is 10.2 Å². The molecule has 0 spiro atoms. The van der Waals surface area contributed by atoms with E-state index in [0.717, 1.165) is 23.9 Å². The van der Waals surface area contributed by atoms with E-state index in [1.165, 1.54) is 15.9 Å². The lowest BCUT2D eigenvalue weighted by Crippen LogP contribution is -2.53. The summed E-state index contributed by atoms with van der Waals surface area (Å²) < 4.78 is 50.4. The molecule has 1 aromatic heterocycles. The topological polar surface area (TPSA) is 101 Å². The molecule has 0 radical (unpaired) electrons. The minimum absolute atomic E-state index is 0.0170. The third-order valence-electron chi connectivity index (χ3n) is 9.40. The Hall–Kier alpha value is -3.93. The second-order valence-electron chi connectivity index (χ2n) is 11.9. The summed E-state index contributed by atoms with van der Waals surface area (Å²) in [7, 11) is 3.51. The number of carboxylic acid groups (broad SMARTS) is 1. The Labute approximate surface area is 240 Å². The molecular weight excluding hydrogens is 551 g/mol. The first-order valence-electron chi connectivity index (χ1n) is 13.9. The van der Waals surface area contributed by atoms with E-state index in [1.807, 2.05) is 23.7 Å². The summed E-state index contributed by atoms with van der Waals surface area (Å²) in [6.07, 6.45) is -0.849. The van der Waals surface area contributed by atoms with E-state index in [9.17, 15) is 27.9 Å². The third kappa shape index (κ3) is 4.43. The van der Waals surface area contributed by atoms with Gasteiger partial charge in [0.1, 0.15) is 12.2 Å². The number of hydrogen-bond acceptors (Lipinski definition) is 5. The van der Waals surface area contributed by atoms with Gasteiger partial charge in [0.15, 0.2) is 0 Å². The van der Waals surface area contributed by atoms with Crippen molar-refractivity contribution in [2.75, 3.05) is 12.0 Å². The van der Waals surface area contributed by atoms with Gasteiger partial charge in [0.05, 0.1) is 23.6 Å². The molecule has 0 saturated heterocycles. The van der Waals surface area contributed by atoms with Crippen molar-refractivity contribution < 1.29 is 32.6 Å². The fourth-order valence-electron chi connectivity index (χ4n) is 6.77. The summed E-state index contributed by atoms with van der Waals surface area (Å²) in [5.41, 5.74) is -0.743. The Bertz CT molecular complexity index is 1560. The summed E-state index contributed by atoms with van der Waals surface area (Å²) in [4.78, 5) is 28.3.